The molecule has 1 aromatic heterocycles. The predicted octanol–water partition coefficient (Wildman–Crippen LogP) is 4.69. The molecule has 5 rings (SSSR count). The molecule has 0 spiro atoms. The Kier molecular flexibility index (Phi) is 7.38. The maximum absolute atomic E-state index is 13.9. The van der Waals surface area contributed by atoms with Gasteiger partial charge in [0.05, 0.1) is 28.5 Å². The fourth-order valence-electron chi connectivity index (χ4n) is 4.46. The van der Waals surface area contributed by atoms with Crippen molar-refractivity contribution in [2.45, 2.75) is 33.4 Å². The average molecular weight is 525 g/mol. The number of esters is 1. The van der Waals surface area contributed by atoms with Crippen molar-refractivity contribution in [1.82, 2.24) is 4.57 Å². The Morgan fingerprint density at radius 3 is 2.45 bits per heavy atom. The van der Waals surface area contributed by atoms with E-state index in [1.165, 1.54) is 11.3 Å². The van der Waals surface area contributed by atoms with Crippen LogP contribution in [-0.4, -0.2) is 17.1 Å². The van der Waals surface area contributed by atoms with Crippen LogP contribution in [-0.2, 0) is 16.1 Å². The van der Waals surface area contributed by atoms with Gasteiger partial charge in [-0.3, -0.25) is 9.36 Å². The van der Waals surface area contributed by atoms with Crippen LogP contribution in [0.25, 0.3) is 6.08 Å². The molecular weight excluding hydrogens is 496 g/mol. The summed E-state index contributed by atoms with van der Waals surface area (Å²) in [5.74, 6) is 0.217. The summed E-state index contributed by atoms with van der Waals surface area (Å²) < 4.78 is 13.6. The topological polar surface area (TPSA) is 69.9 Å². The number of hydrogen-bond donors (Lipinski definition) is 0. The summed E-state index contributed by atoms with van der Waals surface area (Å²) in [5, 5.41) is 0. The summed E-state index contributed by atoms with van der Waals surface area (Å²) >= 11 is 1.30. The molecule has 0 aliphatic carbocycles. The van der Waals surface area contributed by atoms with E-state index in [4.69, 9.17) is 9.47 Å². The van der Waals surface area contributed by atoms with Crippen molar-refractivity contribution in [1.29, 1.82) is 0 Å². The molecule has 1 unspecified atom stereocenters. The molecule has 0 bridgehead atoms. The maximum atomic E-state index is 13.9. The molecule has 0 radical (unpaired) electrons. The van der Waals surface area contributed by atoms with Gasteiger partial charge in [0.25, 0.3) is 5.56 Å². The summed E-state index contributed by atoms with van der Waals surface area (Å²) in [4.78, 5) is 32.1. The number of nitrogens with zero attached hydrogens (tertiary/aromatic N) is 2. The lowest BCUT2D eigenvalue weighted by molar-refractivity contribution is -0.139. The third kappa shape index (κ3) is 5.10. The number of hydrogen-bond acceptors (Lipinski definition) is 6. The number of ether oxygens (including phenoxy) is 2. The van der Waals surface area contributed by atoms with Gasteiger partial charge >= 0.3 is 5.97 Å². The van der Waals surface area contributed by atoms with Gasteiger partial charge in [-0.25, -0.2) is 9.79 Å². The van der Waals surface area contributed by atoms with Gasteiger partial charge in [-0.2, -0.15) is 0 Å². The Morgan fingerprint density at radius 1 is 1.00 bits per heavy atom. The number of thiazole rings is 1. The molecule has 6 nitrogen and oxygen atoms in total. The van der Waals surface area contributed by atoms with E-state index in [0.29, 0.717) is 33.0 Å². The highest BCUT2D eigenvalue weighted by Gasteiger charge is 2.33. The largest absolute Gasteiger partial charge is 0.488 e. The van der Waals surface area contributed by atoms with Crippen LogP contribution in [0.3, 0.4) is 0 Å². The van der Waals surface area contributed by atoms with Crippen LogP contribution in [0.1, 0.15) is 42.1 Å². The quantitative estimate of drug-likeness (QED) is 0.329. The molecule has 0 fully saturated rings. The SMILES string of the molecule is CCOC(=O)C1=C(C)N=c2s/c(=C\c3ccccc3OCc3ccccc3)c(=O)n2C1c1ccc(C)cc1. The highest BCUT2D eigenvalue weighted by atomic mass is 32.1. The van der Waals surface area contributed by atoms with Crippen molar-refractivity contribution in [3.05, 3.63) is 132 Å². The molecule has 3 aromatic carbocycles. The molecule has 1 aliphatic heterocycles. The van der Waals surface area contributed by atoms with Gasteiger partial charge < -0.3 is 9.47 Å². The van der Waals surface area contributed by atoms with E-state index in [1.807, 2.05) is 91.9 Å². The third-order valence-corrected chi connectivity index (χ3v) is 7.34. The summed E-state index contributed by atoms with van der Waals surface area (Å²) in [6.45, 7) is 6.21. The first kappa shape index (κ1) is 25.4. The molecule has 0 saturated heterocycles. The first-order valence-electron chi connectivity index (χ1n) is 12.5. The first-order valence-corrected chi connectivity index (χ1v) is 13.3. The molecule has 7 heteroatoms. The molecule has 1 aliphatic rings. The van der Waals surface area contributed by atoms with E-state index in [0.717, 1.165) is 22.3 Å². The number of benzene rings is 3. The zero-order valence-electron chi connectivity index (χ0n) is 21.5. The van der Waals surface area contributed by atoms with Crippen molar-refractivity contribution in [2.24, 2.45) is 4.99 Å². The van der Waals surface area contributed by atoms with Crippen molar-refractivity contribution >= 4 is 23.4 Å². The zero-order chi connectivity index (χ0) is 26.6. The second kappa shape index (κ2) is 11.0. The van der Waals surface area contributed by atoms with Crippen molar-refractivity contribution in [2.75, 3.05) is 6.61 Å². The summed E-state index contributed by atoms with van der Waals surface area (Å²) in [6, 6.07) is 24.8. The summed E-state index contributed by atoms with van der Waals surface area (Å²) in [5.41, 5.74) is 4.48. The van der Waals surface area contributed by atoms with E-state index in [-0.39, 0.29) is 12.2 Å². The summed E-state index contributed by atoms with van der Waals surface area (Å²) in [6.07, 6.45) is 1.83. The van der Waals surface area contributed by atoms with Crippen LogP contribution < -0.4 is 19.6 Å². The van der Waals surface area contributed by atoms with Crippen LogP contribution in [0.4, 0.5) is 0 Å². The van der Waals surface area contributed by atoms with E-state index in [9.17, 15) is 9.59 Å². The number of carbonyl (C=O) groups is 1. The predicted molar refractivity (Wildman–Crippen MR) is 149 cm³/mol. The van der Waals surface area contributed by atoms with Crippen LogP contribution in [0, 0.1) is 6.92 Å². The lowest BCUT2D eigenvalue weighted by Gasteiger charge is -2.24. The van der Waals surface area contributed by atoms with Crippen molar-refractivity contribution in [3.63, 3.8) is 0 Å². The number of carbonyl (C=O) groups excluding carboxylic acids is 1. The van der Waals surface area contributed by atoms with Gasteiger partial charge in [-0.15, -0.1) is 0 Å². The van der Waals surface area contributed by atoms with Crippen LogP contribution in [0.2, 0.25) is 0 Å². The molecule has 0 saturated carbocycles. The van der Waals surface area contributed by atoms with Gasteiger partial charge in [-0.1, -0.05) is 89.7 Å². The van der Waals surface area contributed by atoms with E-state index in [1.54, 1.807) is 18.4 Å². The third-order valence-electron chi connectivity index (χ3n) is 6.35. The minimum Gasteiger partial charge on any atom is -0.488 e. The second-order valence-corrected chi connectivity index (χ2v) is 10.0. The van der Waals surface area contributed by atoms with E-state index < -0.39 is 12.0 Å². The fourth-order valence-corrected chi connectivity index (χ4v) is 5.50. The van der Waals surface area contributed by atoms with E-state index in [2.05, 4.69) is 4.99 Å². The van der Waals surface area contributed by atoms with Crippen molar-refractivity contribution < 1.29 is 14.3 Å². The standard InChI is InChI=1S/C31H28N2O4S/c1-4-36-30(35)27-21(3)32-31-33(28(27)23-16-14-20(2)15-17-23)29(34)26(38-31)18-24-12-8-9-13-25(24)37-19-22-10-6-5-7-11-22/h5-18,28H,4,19H2,1-3H3/b26-18-. The fraction of sp³-hybridized carbons (Fsp3) is 0.194. The maximum Gasteiger partial charge on any atom is 0.338 e. The smallest absolute Gasteiger partial charge is 0.338 e. The Hall–Kier alpha value is -4.23. The van der Waals surface area contributed by atoms with Crippen molar-refractivity contribution in [3.8, 4) is 5.75 Å². The van der Waals surface area contributed by atoms with E-state index >= 15 is 0 Å². The highest BCUT2D eigenvalue weighted by molar-refractivity contribution is 7.07. The molecule has 4 aromatic rings. The normalized spacial score (nSPS) is 15.1. The Balaban J connectivity index is 1.61. The average Bonchev–Trinajstić information content (AvgIpc) is 3.22. The number of para-hydroxylation sites is 1. The minimum absolute atomic E-state index is 0.216. The monoisotopic (exact) mass is 524 g/mol. The van der Waals surface area contributed by atoms with Crippen LogP contribution in [0.5, 0.6) is 5.75 Å². The van der Waals surface area contributed by atoms with Crippen LogP contribution >= 0.6 is 11.3 Å². The van der Waals surface area contributed by atoms with Gasteiger partial charge in [0.1, 0.15) is 12.4 Å². The Labute approximate surface area is 224 Å². The lowest BCUT2D eigenvalue weighted by Crippen LogP contribution is -2.39. The number of rotatable bonds is 7. The van der Waals surface area contributed by atoms with Gasteiger partial charge in [0.15, 0.2) is 4.80 Å². The number of fused-ring (bicyclic) bond motifs is 1. The molecule has 2 heterocycles. The summed E-state index contributed by atoms with van der Waals surface area (Å²) in [7, 11) is 0. The molecular formula is C31H28N2O4S. The van der Waals surface area contributed by atoms with Gasteiger partial charge in [-0.05, 0) is 44.0 Å². The molecule has 1 atom stereocenters. The minimum atomic E-state index is -0.627. The molecule has 0 N–H and O–H groups in total. The zero-order valence-corrected chi connectivity index (χ0v) is 22.3. The second-order valence-electron chi connectivity index (χ2n) is 9.03. The number of aromatic nitrogens is 1. The lowest BCUT2D eigenvalue weighted by atomic mass is 9.95. The Morgan fingerprint density at radius 2 is 1.71 bits per heavy atom. The Bertz CT molecular complexity index is 1680. The molecule has 192 valence electrons. The number of allylic oxidation sites excluding steroid dienone is 1. The molecule has 38 heavy (non-hydrogen) atoms. The molecule has 0 amide bonds. The van der Waals surface area contributed by atoms with Gasteiger partial charge in [0, 0.05) is 5.56 Å². The first-order chi connectivity index (χ1) is 18.5. The highest BCUT2D eigenvalue weighted by Crippen LogP contribution is 2.31. The van der Waals surface area contributed by atoms with Gasteiger partial charge in [0.2, 0.25) is 0 Å². The van der Waals surface area contributed by atoms with Crippen LogP contribution in [0.15, 0.2) is 99.9 Å². The number of aryl methyl sites for hydroxylation is 1.